The number of rotatable bonds is 3. The number of thiocarbonyl (C=S) groups is 1. The van der Waals surface area contributed by atoms with E-state index in [2.05, 4.69) is 10.6 Å². The third-order valence-corrected chi connectivity index (χ3v) is 3.17. The van der Waals surface area contributed by atoms with E-state index >= 15 is 0 Å². The van der Waals surface area contributed by atoms with Crippen LogP contribution in [0.4, 0.5) is 4.39 Å². The zero-order valence-electron chi connectivity index (χ0n) is 11.2. The Balaban J connectivity index is 2.44. The topological polar surface area (TPSA) is 50.4 Å². The number of halogens is 1. The van der Waals surface area contributed by atoms with Crippen molar-refractivity contribution in [2.45, 2.75) is 19.9 Å². The number of hydrogen-bond acceptors (Lipinski definition) is 3. The second kappa shape index (κ2) is 6.00. The second-order valence-electron chi connectivity index (χ2n) is 4.35. The molecule has 0 unspecified atom stereocenters. The molecule has 1 atom stereocenters. The third-order valence-electron chi connectivity index (χ3n) is 2.95. The summed E-state index contributed by atoms with van der Waals surface area (Å²) in [4.78, 5) is 12.1. The number of nitrogens with one attached hydrogen (secondary N) is 2. The van der Waals surface area contributed by atoms with Gasteiger partial charge in [0.1, 0.15) is 5.82 Å². The van der Waals surface area contributed by atoms with Gasteiger partial charge in [0, 0.05) is 5.70 Å². The molecule has 2 N–H and O–H groups in total. The summed E-state index contributed by atoms with van der Waals surface area (Å²) in [7, 11) is 0. The van der Waals surface area contributed by atoms with Crippen molar-refractivity contribution in [1.29, 1.82) is 0 Å². The highest BCUT2D eigenvalue weighted by atomic mass is 32.1. The summed E-state index contributed by atoms with van der Waals surface area (Å²) in [6.45, 7) is 3.75. The molecule has 6 heteroatoms. The van der Waals surface area contributed by atoms with E-state index in [-0.39, 0.29) is 12.4 Å². The number of ether oxygens (including phenoxy) is 1. The molecule has 0 aliphatic carbocycles. The molecule has 0 saturated carbocycles. The summed E-state index contributed by atoms with van der Waals surface area (Å²) < 4.78 is 18.4. The van der Waals surface area contributed by atoms with Crippen LogP contribution >= 0.6 is 12.2 Å². The number of benzene rings is 1. The first-order valence-corrected chi connectivity index (χ1v) is 6.64. The Bertz CT molecular complexity index is 586. The number of allylic oxidation sites excluding steroid dienone is 1. The van der Waals surface area contributed by atoms with E-state index in [1.54, 1.807) is 26.0 Å². The van der Waals surface area contributed by atoms with E-state index in [0.29, 0.717) is 21.9 Å². The predicted molar refractivity (Wildman–Crippen MR) is 77.3 cm³/mol. The molecule has 1 aromatic carbocycles. The first-order chi connectivity index (χ1) is 9.52. The first kappa shape index (κ1) is 14.5. The third kappa shape index (κ3) is 2.96. The minimum absolute atomic E-state index is 0.274. The summed E-state index contributed by atoms with van der Waals surface area (Å²) >= 11 is 5.09. The number of hydrogen-bond donors (Lipinski definition) is 2. The molecule has 4 nitrogen and oxygen atoms in total. The monoisotopic (exact) mass is 294 g/mol. The maximum atomic E-state index is 13.4. The Morgan fingerprint density at radius 1 is 1.50 bits per heavy atom. The van der Waals surface area contributed by atoms with E-state index in [4.69, 9.17) is 17.0 Å². The average Bonchev–Trinajstić information content (AvgIpc) is 2.37. The van der Waals surface area contributed by atoms with Crippen molar-refractivity contribution < 1.29 is 13.9 Å². The van der Waals surface area contributed by atoms with Gasteiger partial charge in [-0.3, -0.25) is 0 Å². The number of carbonyl (C=O) groups is 1. The maximum Gasteiger partial charge on any atom is 0.338 e. The van der Waals surface area contributed by atoms with Crippen molar-refractivity contribution >= 4 is 23.3 Å². The lowest BCUT2D eigenvalue weighted by Gasteiger charge is -2.29. The van der Waals surface area contributed by atoms with Crippen LogP contribution in [0.15, 0.2) is 35.5 Å². The van der Waals surface area contributed by atoms with Gasteiger partial charge in [-0.15, -0.1) is 0 Å². The molecule has 0 amide bonds. The summed E-state index contributed by atoms with van der Waals surface area (Å²) in [5, 5.41) is 6.26. The second-order valence-corrected chi connectivity index (χ2v) is 4.75. The smallest absolute Gasteiger partial charge is 0.338 e. The Kier molecular flexibility index (Phi) is 4.34. The van der Waals surface area contributed by atoms with Gasteiger partial charge in [-0.2, -0.15) is 0 Å². The molecule has 0 fully saturated rings. The Labute approximate surface area is 122 Å². The lowest BCUT2D eigenvalue weighted by molar-refractivity contribution is -0.139. The molecule has 2 rings (SSSR count). The zero-order valence-corrected chi connectivity index (χ0v) is 12.0. The van der Waals surface area contributed by atoms with Crippen LogP contribution in [-0.4, -0.2) is 17.7 Å². The molecule has 1 aliphatic rings. The highest BCUT2D eigenvalue weighted by Crippen LogP contribution is 2.27. The molecular formula is C14H15FN2O2S. The van der Waals surface area contributed by atoms with E-state index < -0.39 is 12.0 Å². The summed E-state index contributed by atoms with van der Waals surface area (Å²) in [6.07, 6.45) is 0. The van der Waals surface area contributed by atoms with E-state index in [1.165, 1.54) is 12.1 Å². The van der Waals surface area contributed by atoms with Gasteiger partial charge in [0.05, 0.1) is 18.2 Å². The van der Waals surface area contributed by atoms with Crippen LogP contribution in [0.1, 0.15) is 25.5 Å². The number of esters is 1. The van der Waals surface area contributed by atoms with Crippen molar-refractivity contribution in [3.63, 3.8) is 0 Å². The van der Waals surface area contributed by atoms with Crippen LogP contribution in [0.3, 0.4) is 0 Å². The lowest BCUT2D eigenvalue weighted by atomic mass is 9.95. The van der Waals surface area contributed by atoms with E-state index in [0.717, 1.165) is 0 Å². The van der Waals surface area contributed by atoms with Gasteiger partial charge < -0.3 is 15.4 Å². The van der Waals surface area contributed by atoms with E-state index in [9.17, 15) is 9.18 Å². The summed E-state index contributed by atoms with van der Waals surface area (Å²) in [5.74, 6) is -0.809. The van der Waals surface area contributed by atoms with Crippen molar-refractivity contribution in [1.82, 2.24) is 10.6 Å². The average molecular weight is 294 g/mol. The minimum Gasteiger partial charge on any atom is -0.463 e. The Morgan fingerprint density at radius 3 is 2.90 bits per heavy atom. The van der Waals surface area contributed by atoms with Crippen LogP contribution < -0.4 is 10.6 Å². The van der Waals surface area contributed by atoms with Gasteiger partial charge in [0.2, 0.25) is 0 Å². The highest BCUT2D eigenvalue weighted by molar-refractivity contribution is 7.80. The fourth-order valence-corrected chi connectivity index (χ4v) is 2.38. The lowest BCUT2D eigenvalue weighted by Crippen LogP contribution is -2.45. The molecule has 20 heavy (non-hydrogen) atoms. The fourth-order valence-electron chi connectivity index (χ4n) is 2.11. The number of carbonyl (C=O) groups excluding carboxylic acids is 1. The molecule has 1 heterocycles. The minimum atomic E-state index is -0.515. The largest absolute Gasteiger partial charge is 0.463 e. The Hall–Kier alpha value is -1.95. The molecule has 0 aromatic heterocycles. The van der Waals surface area contributed by atoms with Crippen LogP contribution in [-0.2, 0) is 9.53 Å². The maximum absolute atomic E-state index is 13.4. The van der Waals surface area contributed by atoms with Crippen LogP contribution in [0.2, 0.25) is 0 Å². The quantitative estimate of drug-likeness (QED) is 0.661. The van der Waals surface area contributed by atoms with E-state index in [1.807, 2.05) is 0 Å². The molecular weight excluding hydrogens is 279 g/mol. The van der Waals surface area contributed by atoms with Gasteiger partial charge in [0.25, 0.3) is 0 Å². The molecule has 1 aliphatic heterocycles. The van der Waals surface area contributed by atoms with Gasteiger partial charge in [-0.1, -0.05) is 12.1 Å². The summed E-state index contributed by atoms with van der Waals surface area (Å²) in [6, 6.07) is 5.54. The predicted octanol–water partition coefficient (Wildman–Crippen LogP) is 2.18. The fraction of sp³-hybridized carbons (Fsp3) is 0.286. The molecule has 1 aromatic rings. The highest BCUT2D eigenvalue weighted by Gasteiger charge is 2.30. The van der Waals surface area contributed by atoms with Crippen molar-refractivity contribution in [2.24, 2.45) is 0 Å². The normalized spacial score (nSPS) is 18.4. The SMILES string of the molecule is CCOC(=O)C1=C(C)NC(=S)N[C@H]1c1cccc(F)c1. The molecule has 0 spiro atoms. The molecule has 0 bridgehead atoms. The standard InChI is InChI=1S/C14H15FN2O2S/c1-3-19-13(18)11-8(2)16-14(20)17-12(11)9-5-4-6-10(15)7-9/h4-7,12H,3H2,1-2H3,(H2,16,17,20)/t12-/m0/s1. The van der Waals surface area contributed by atoms with Crippen LogP contribution in [0.5, 0.6) is 0 Å². The van der Waals surface area contributed by atoms with Gasteiger partial charge >= 0.3 is 5.97 Å². The summed E-state index contributed by atoms with van der Waals surface area (Å²) in [5.41, 5.74) is 1.64. The van der Waals surface area contributed by atoms with Gasteiger partial charge in [-0.25, -0.2) is 9.18 Å². The molecule has 0 radical (unpaired) electrons. The van der Waals surface area contributed by atoms with Gasteiger partial charge in [0.15, 0.2) is 5.11 Å². The van der Waals surface area contributed by atoms with Crippen LogP contribution in [0.25, 0.3) is 0 Å². The zero-order chi connectivity index (χ0) is 14.7. The van der Waals surface area contributed by atoms with Crippen LogP contribution in [0, 0.1) is 5.82 Å². The molecule has 0 saturated heterocycles. The van der Waals surface area contributed by atoms with Crippen molar-refractivity contribution in [2.75, 3.05) is 6.61 Å². The van der Waals surface area contributed by atoms with Crippen molar-refractivity contribution in [3.05, 3.63) is 46.9 Å². The van der Waals surface area contributed by atoms with Gasteiger partial charge in [-0.05, 0) is 43.8 Å². The Morgan fingerprint density at radius 2 is 2.25 bits per heavy atom. The molecule has 106 valence electrons. The van der Waals surface area contributed by atoms with Crippen molar-refractivity contribution in [3.8, 4) is 0 Å². The first-order valence-electron chi connectivity index (χ1n) is 6.23.